The molecular weight excluding hydrogens is 218 g/mol. The van der Waals surface area contributed by atoms with Crippen LogP contribution in [0.15, 0.2) is 0 Å². The van der Waals surface area contributed by atoms with Gasteiger partial charge in [-0.2, -0.15) is 0 Å². The molecule has 0 aliphatic heterocycles. The smallest absolute Gasteiger partial charge is 0.342 e. The van der Waals surface area contributed by atoms with Crippen molar-refractivity contribution in [1.82, 2.24) is 0 Å². The van der Waals surface area contributed by atoms with Crippen LogP contribution in [-0.2, 0) is 9.59 Å². The average molecular weight is 221 g/mol. The highest BCUT2D eigenvalue weighted by molar-refractivity contribution is 6.62. The van der Waals surface area contributed by atoms with E-state index in [4.69, 9.17) is 45.0 Å². The van der Waals surface area contributed by atoms with Gasteiger partial charge >= 0.3 is 11.9 Å². The third-order valence-electron chi connectivity index (χ3n) is 0.820. The summed E-state index contributed by atoms with van der Waals surface area (Å²) in [6.07, 6.45) is 0. The Bertz CT molecular complexity index is 190. The van der Waals surface area contributed by atoms with Gasteiger partial charge in [0.05, 0.1) is 0 Å². The molecule has 4 nitrogen and oxygen atoms in total. The number of hydrogen-bond donors (Lipinski definition) is 2. The molecule has 0 aliphatic carbocycles. The number of carboxylic acid groups (broad SMARTS) is 2. The summed E-state index contributed by atoms with van der Waals surface area (Å²) in [6, 6.07) is 0. The summed E-state index contributed by atoms with van der Waals surface area (Å²) in [5, 5.41) is 14.6. The Balaban J connectivity index is 4.55. The number of alkyl halides is 3. The molecule has 0 spiro atoms. The van der Waals surface area contributed by atoms with E-state index in [1.165, 1.54) is 0 Å². The lowest BCUT2D eigenvalue weighted by molar-refractivity contribution is -0.143. The minimum absolute atomic E-state index is 1.58. The van der Waals surface area contributed by atoms with E-state index >= 15 is 0 Å². The summed E-state index contributed by atoms with van der Waals surface area (Å²) in [6.45, 7) is 0. The van der Waals surface area contributed by atoms with Crippen molar-refractivity contribution in [3.8, 4) is 0 Å². The second-order valence-corrected chi connectivity index (χ2v) is 3.45. The van der Waals surface area contributed by atoms with Crippen LogP contribution < -0.4 is 0 Å². The van der Waals surface area contributed by atoms with E-state index < -0.39 is 21.6 Å². The topological polar surface area (TPSA) is 74.6 Å². The van der Waals surface area contributed by atoms with Gasteiger partial charge in [0.15, 0.2) is 5.38 Å². The van der Waals surface area contributed by atoms with Gasteiger partial charge in [-0.1, -0.05) is 23.2 Å². The first-order chi connectivity index (χ1) is 4.80. The molecule has 0 aromatic carbocycles. The Labute approximate surface area is 76.7 Å². The van der Waals surface area contributed by atoms with Crippen molar-refractivity contribution < 1.29 is 19.8 Å². The van der Waals surface area contributed by atoms with Crippen LogP contribution in [0.25, 0.3) is 0 Å². The first-order valence-electron chi connectivity index (χ1n) is 2.28. The zero-order valence-electron chi connectivity index (χ0n) is 4.92. The molecule has 0 radical (unpaired) electrons. The number of hydrogen-bond acceptors (Lipinski definition) is 2. The van der Waals surface area contributed by atoms with Crippen LogP contribution >= 0.6 is 34.8 Å². The Morgan fingerprint density at radius 1 is 1.27 bits per heavy atom. The first kappa shape index (κ1) is 10.8. The Morgan fingerprint density at radius 2 is 1.64 bits per heavy atom. The van der Waals surface area contributed by atoms with E-state index in [9.17, 15) is 9.59 Å². The molecule has 0 aliphatic rings. The van der Waals surface area contributed by atoms with Crippen LogP contribution in [0.4, 0.5) is 0 Å². The Morgan fingerprint density at radius 3 is 1.73 bits per heavy atom. The minimum atomic E-state index is -2.49. The van der Waals surface area contributed by atoms with Crippen molar-refractivity contribution in [2.45, 2.75) is 9.71 Å². The van der Waals surface area contributed by atoms with Crippen molar-refractivity contribution >= 4 is 46.7 Å². The lowest BCUT2D eigenvalue weighted by atomic mass is 10.3. The van der Waals surface area contributed by atoms with Gasteiger partial charge in [0.25, 0.3) is 0 Å². The van der Waals surface area contributed by atoms with E-state index in [0.717, 1.165) is 0 Å². The molecule has 64 valence electrons. The Kier molecular flexibility index (Phi) is 3.41. The van der Waals surface area contributed by atoms with Crippen LogP contribution in [0.5, 0.6) is 0 Å². The van der Waals surface area contributed by atoms with Crippen LogP contribution in [-0.4, -0.2) is 31.9 Å². The van der Waals surface area contributed by atoms with Crippen LogP contribution in [0.1, 0.15) is 0 Å². The van der Waals surface area contributed by atoms with Gasteiger partial charge in [-0.3, -0.25) is 4.79 Å². The zero-order chi connectivity index (χ0) is 9.23. The number of carboxylic acids is 2. The molecule has 0 aromatic rings. The lowest BCUT2D eigenvalue weighted by Gasteiger charge is -2.15. The third-order valence-corrected chi connectivity index (χ3v) is 2.32. The fourth-order valence-electron chi connectivity index (χ4n) is 0.263. The average Bonchev–Trinajstić information content (AvgIpc) is 1.85. The maximum Gasteiger partial charge on any atom is 0.342 e. The molecule has 0 saturated heterocycles. The second-order valence-electron chi connectivity index (χ2n) is 1.63. The van der Waals surface area contributed by atoms with Crippen molar-refractivity contribution in [3.63, 3.8) is 0 Å². The van der Waals surface area contributed by atoms with Crippen molar-refractivity contribution in [1.29, 1.82) is 0 Å². The zero-order valence-corrected chi connectivity index (χ0v) is 7.19. The maximum atomic E-state index is 10.2. The van der Waals surface area contributed by atoms with Gasteiger partial charge in [-0.05, 0) is 0 Å². The minimum Gasteiger partial charge on any atom is -0.480 e. The molecule has 0 rings (SSSR count). The van der Waals surface area contributed by atoms with Crippen LogP contribution in [0.3, 0.4) is 0 Å². The quantitative estimate of drug-likeness (QED) is 0.696. The number of rotatable bonds is 3. The molecular formula is C4H3Cl3O4. The summed E-state index contributed by atoms with van der Waals surface area (Å²) in [7, 11) is 0. The summed E-state index contributed by atoms with van der Waals surface area (Å²) < 4.78 is -2.49. The van der Waals surface area contributed by atoms with Gasteiger partial charge < -0.3 is 10.2 Å². The summed E-state index contributed by atoms with van der Waals surface area (Å²) in [5.74, 6) is -3.28. The van der Waals surface area contributed by atoms with E-state index in [1.807, 2.05) is 0 Å². The fraction of sp³-hybridized carbons (Fsp3) is 0.500. The SMILES string of the molecule is O=C(O)C(Cl)C(Cl)(Cl)C(=O)O. The number of carbonyl (C=O) groups is 2. The molecule has 0 heterocycles. The van der Waals surface area contributed by atoms with Crippen molar-refractivity contribution in [2.75, 3.05) is 0 Å². The molecule has 7 heteroatoms. The molecule has 0 aromatic heterocycles. The van der Waals surface area contributed by atoms with E-state index in [2.05, 4.69) is 0 Å². The van der Waals surface area contributed by atoms with E-state index in [1.54, 1.807) is 0 Å². The van der Waals surface area contributed by atoms with Gasteiger partial charge in [0.1, 0.15) is 0 Å². The monoisotopic (exact) mass is 220 g/mol. The molecule has 11 heavy (non-hydrogen) atoms. The van der Waals surface area contributed by atoms with E-state index in [0.29, 0.717) is 0 Å². The van der Waals surface area contributed by atoms with Gasteiger partial charge in [0.2, 0.25) is 4.33 Å². The van der Waals surface area contributed by atoms with E-state index in [-0.39, 0.29) is 0 Å². The predicted octanol–water partition coefficient (Wildman–Crippen LogP) is 0.937. The second kappa shape index (κ2) is 3.47. The molecule has 0 saturated carbocycles. The Hall–Kier alpha value is -0.190. The maximum absolute atomic E-state index is 10.2. The molecule has 2 N–H and O–H groups in total. The van der Waals surface area contributed by atoms with Gasteiger partial charge in [-0.25, -0.2) is 4.79 Å². The summed E-state index contributed by atoms with van der Waals surface area (Å²) in [4.78, 5) is 20.2. The predicted molar refractivity (Wildman–Crippen MR) is 39.3 cm³/mol. The summed E-state index contributed by atoms with van der Waals surface area (Å²) in [5.41, 5.74) is 0. The number of halogens is 3. The molecule has 0 bridgehead atoms. The van der Waals surface area contributed by atoms with Crippen LogP contribution in [0.2, 0.25) is 0 Å². The normalized spacial score (nSPS) is 14.1. The highest BCUT2D eigenvalue weighted by atomic mass is 35.5. The molecule has 0 fully saturated rings. The number of aliphatic carboxylic acids is 2. The first-order valence-corrected chi connectivity index (χ1v) is 3.47. The molecule has 1 atom stereocenters. The third kappa shape index (κ3) is 2.39. The van der Waals surface area contributed by atoms with Crippen molar-refractivity contribution in [3.05, 3.63) is 0 Å². The largest absolute Gasteiger partial charge is 0.480 e. The van der Waals surface area contributed by atoms with Crippen molar-refractivity contribution in [2.24, 2.45) is 0 Å². The highest BCUT2D eigenvalue weighted by Gasteiger charge is 2.46. The van der Waals surface area contributed by atoms with Gasteiger partial charge in [0, 0.05) is 0 Å². The van der Waals surface area contributed by atoms with Crippen LogP contribution in [0, 0.1) is 0 Å². The molecule has 1 unspecified atom stereocenters. The standard InChI is InChI=1S/C4H3Cl3O4/c5-1(2(8)9)4(6,7)3(10)11/h1H,(H,8,9)(H,10,11). The lowest BCUT2D eigenvalue weighted by Crippen LogP contribution is -2.40. The summed E-state index contributed by atoms with van der Waals surface area (Å²) >= 11 is 15.2. The highest BCUT2D eigenvalue weighted by Crippen LogP contribution is 2.29. The van der Waals surface area contributed by atoms with Gasteiger partial charge in [-0.15, -0.1) is 11.6 Å². The molecule has 0 amide bonds. The fourth-order valence-corrected chi connectivity index (χ4v) is 0.543.